The number of carboxylic acids is 1. The van der Waals surface area contributed by atoms with Crippen LogP contribution in [0.3, 0.4) is 0 Å². The Morgan fingerprint density at radius 2 is 1.95 bits per heavy atom. The number of benzene rings is 1. The van der Waals surface area contributed by atoms with E-state index in [4.69, 9.17) is 9.84 Å². The molecule has 0 spiro atoms. The van der Waals surface area contributed by atoms with E-state index < -0.39 is 5.97 Å². The average molecular weight is 265 g/mol. The summed E-state index contributed by atoms with van der Waals surface area (Å²) in [5.41, 5.74) is 0.180. The van der Waals surface area contributed by atoms with Crippen LogP contribution in [-0.2, 0) is 4.74 Å². The molecule has 1 atom stereocenters. The first-order valence-electron chi connectivity index (χ1n) is 6.22. The first kappa shape index (κ1) is 15.2. The summed E-state index contributed by atoms with van der Waals surface area (Å²) in [5, 5.41) is 11.9. The molecule has 1 rings (SSSR count). The monoisotopic (exact) mass is 265 g/mol. The molecule has 1 amide bonds. The van der Waals surface area contributed by atoms with Crippen LogP contribution in [0.4, 0.5) is 0 Å². The van der Waals surface area contributed by atoms with Crippen molar-refractivity contribution in [3.63, 3.8) is 0 Å². The van der Waals surface area contributed by atoms with E-state index in [2.05, 4.69) is 5.32 Å². The number of carbonyl (C=O) groups excluding carboxylic acids is 1. The third kappa shape index (κ3) is 4.37. The molecule has 0 radical (unpaired) electrons. The highest BCUT2D eigenvalue weighted by Gasteiger charge is 2.18. The molecule has 0 heterocycles. The van der Waals surface area contributed by atoms with E-state index in [1.165, 1.54) is 12.1 Å². The van der Waals surface area contributed by atoms with Crippen molar-refractivity contribution in [3.05, 3.63) is 35.4 Å². The lowest BCUT2D eigenvalue weighted by Crippen LogP contribution is -2.38. The second-order valence-corrected chi connectivity index (χ2v) is 4.27. The summed E-state index contributed by atoms with van der Waals surface area (Å²) in [4.78, 5) is 23.2. The van der Waals surface area contributed by atoms with Gasteiger partial charge in [-0.15, -0.1) is 0 Å². The fourth-order valence-electron chi connectivity index (χ4n) is 1.88. The number of amides is 1. The van der Waals surface area contributed by atoms with E-state index in [-0.39, 0.29) is 23.1 Å². The highest BCUT2D eigenvalue weighted by molar-refractivity contribution is 6.04. The van der Waals surface area contributed by atoms with Gasteiger partial charge in [0.2, 0.25) is 0 Å². The maximum absolute atomic E-state index is 12.1. The number of aromatic carboxylic acids is 1. The predicted molar refractivity (Wildman–Crippen MR) is 71.4 cm³/mol. The molecule has 0 aliphatic heterocycles. The number of hydrogen-bond acceptors (Lipinski definition) is 3. The number of nitrogens with one attached hydrogen (secondary N) is 1. The van der Waals surface area contributed by atoms with Gasteiger partial charge in [0.25, 0.3) is 5.91 Å². The van der Waals surface area contributed by atoms with Crippen LogP contribution in [0.25, 0.3) is 0 Å². The molecule has 0 fully saturated rings. The van der Waals surface area contributed by atoms with E-state index in [0.717, 1.165) is 12.8 Å². The van der Waals surface area contributed by atoms with Gasteiger partial charge in [-0.25, -0.2) is 4.79 Å². The molecule has 19 heavy (non-hydrogen) atoms. The van der Waals surface area contributed by atoms with Crippen LogP contribution in [0.5, 0.6) is 0 Å². The molecule has 0 aliphatic carbocycles. The fourth-order valence-corrected chi connectivity index (χ4v) is 1.88. The van der Waals surface area contributed by atoms with Crippen molar-refractivity contribution >= 4 is 11.9 Å². The van der Waals surface area contributed by atoms with Crippen molar-refractivity contribution < 1.29 is 19.4 Å². The lowest BCUT2D eigenvalue weighted by molar-refractivity contribution is 0.0689. The lowest BCUT2D eigenvalue weighted by Gasteiger charge is -2.17. The molecular formula is C14H19NO4. The Morgan fingerprint density at radius 3 is 2.47 bits per heavy atom. The minimum Gasteiger partial charge on any atom is -0.478 e. The summed E-state index contributed by atoms with van der Waals surface area (Å²) < 4.78 is 5.04. The second-order valence-electron chi connectivity index (χ2n) is 4.27. The molecular weight excluding hydrogens is 246 g/mol. The minimum atomic E-state index is -1.11. The SMILES string of the molecule is CCCC(COC)NC(=O)c1ccccc1C(=O)O. The van der Waals surface area contributed by atoms with Crippen molar-refractivity contribution in [2.75, 3.05) is 13.7 Å². The van der Waals surface area contributed by atoms with Crippen LogP contribution in [0.2, 0.25) is 0 Å². The van der Waals surface area contributed by atoms with E-state index in [1.54, 1.807) is 19.2 Å². The van der Waals surface area contributed by atoms with Crippen molar-refractivity contribution in [2.24, 2.45) is 0 Å². The van der Waals surface area contributed by atoms with Gasteiger partial charge in [0.05, 0.1) is 23.8 Å². The van der Waals surface area contributed by atoms with Gasteiger partial charge < -0.3 is 15.2 Å². The second kappa shape index (κ2) is 7.53. The van der Waals surface area contributed by atoms with Gasteiger partial charge in [-0.2, -0.15) is 0 Å². The van der Waals surface area contributed by atoms with Crippen LogP contribution in [0.15, 0.2) is 24.3 Å². The smallest absolute Gasteiger partial charge is 0.336 e. The summed E-state index contributed by atoms with van der Waals surface area (Å²) in [7, 11) is 1.57. The van der Waals surface area contributed by atoms with Gasteiger partial charge in [-0.05, 0) is 18.6 Å². The number of carboxylic acid groups (broad SMARTS) is 1. The van der Waals surface area contributed by atoms with Crippen LogP contribution in [0, 0.1) is 0 Å². The van der Waals surface area contributed by atoms with Gasteiger partial charge in [-0.3, -0.25) is 4.79 Å². The molecule has 0 aliphatic rings. The first-order chi connectivity index (χ1) is 9.10. The van der Waals surface area contributed by atoms with Crippen LogP contribution < -0.4 is 5.32 Å². The molecule has 0 saturated carbocycles. The lowest BCUT2D eigenvalue weighted by atomic mass is 10.1. The van der Waals surface area contributed by atoms with Crippen LogP contribution in [0.1, 0.15) is 40.5 Å². The largest absolute Gasteiger partial charge is 0.478 e. The van der Waals surface area contributed by atoms with E-state index in [9.17, 15) is 9.59 Å². The zero-order chi connectivity index (χ0) is 14.3. The molecule has 0 aromatic heterocycles. The zero-order valence-electron chi connectivity index (χ0n) is 11.2. The number of rotatable bonds is 7. The number of carbonyl (C=O) groups is 2. The van der Waals surface area contributed by atoms with E-state index in [1.807, 2.05) is 6.92 Å². The number of methoxy groups -OCH3 is 1. The normalized spacial score (nSPS) is 11.9. The number of hydrogen-bond donors (Lipinski definition) is 2. The third-order valence-corrected chi connectivity index (χ3v) is 2.74. The number of ether oxygens (including phenoxy) is 1. The molecule has 104 valence electrons. The summed E-state index contributed by atoms with van der Waals surface area (Å²) in [5.74, 6) is -1.49. The summed E-state index contributed by atoms with van der Waals surface area (Å²) in [6, 6.07) is 6.06. The Labute approximate surface area is 112 Å². The van der Waals surface area contributed by atoms with Gasteiger partial charge in [0, 0.05) is 7.11 Å². The maximum atomic E-state index is 12.1. The standard InChI is InChI=1S/C14H19NO4/c1-3-6-10(9-19-2)15-13(16)11-7-4-5-8-12(11)14(17)18/h4-5,7-8,10H,3,6,9H2,1-2H3,(H,15,16)(H,17,18). The Morgan fingerprint density at radius 1 is 1.32 bits per heavy atom. The molecule has 5 nitrogen and oxygen atoms in total. The summed E-state index contributed by atoms with van der Waals surface area (Å²) in [6.07, 6.45) is 1.70. The van der Waals surface area contributed by atoms with Gasteiger partial charge in [0.15, 0.2) is 0 Å². The molecule has 1 unspecified atom stereocenters. The topological polar surface area (TPSA) is 75.6 Å². The van der Waals surface area contributed by atoms with Crippen LogP contribution in [-0.4, -0.2) is 36.7 Å². The minimum absolute atomic E-state index is 0.00710. The van der Waals surface area contributed by atoms with Crippen molar-refractivity contribution in [1.82, 2.24) is 5.32 Å². The highest BCUT2D eigenvalue weighted by Crippen LogP contribution is 2.09. The Balaban J connectivity index is 2.85. The van der Waals surface area contributed by atoms with Gasteiger partial charge in [-0.1, -0.05) is 25.5 Å². The molecule has 0 saturated heterocycles. The van der Waals surface area contributed by atoms with Crippen molar-refractivity contribution in [2.45, 2.75) is 25.8 Å². The first-order valence-corrected chi connectivity index (χ1v) is 6.22. The third-order valence-electron chi connectivity index (χ3n) is 2.74. The van der Waals surface area contributed by atoms with E-state index in [0.29, 0.717) is 6.61 Å². The highest BCUT2D eigenvalue weighted by atomic mass is 16.5. The summed E-state index contributed by atoms with van der Waals surface area (Å²) >= 11 is 0. The van der Waals surface area contributed by atoms with Gasteiger partial charge in [0.1, 0.15) is 0 Å². The molecule has 0 bridgehead atoms. The summed E-state index contributed by atoms with van der Waals surface area (Å²) in [6.45, 7) is 2.43. The molecule has 1 aromatic rings. The average Bonchev–Trinajstić information content (AvgIpc) is 2.39. The Kier molecular flexibility index (Phi) is 6.02. The predicted octanol–water partition coefficient (Wildman–Crippen LogP) is 1.93. The Hall–Kier alpha value is -1.88. The molecule has 2 N–H and O–H groups in total. The zero-order valence-corrected chi connectivity index (χ0v) is 11.2. The Bertz CT molecular complexity index is 439. The quantitative estimate of drug-likeness (QED) is 0.790. The molecule has 5 heteroatoms. The molecule has 1 aromatic carbocycles. The van der Waals surface area contributed by atoms with Crippen molar-refractivity contribution in [3.8, 4) is 0 Å². The van der Waals surface area contributed by atoms with Gasteiger partial charge >= 0.3 is 5.97 Å². The fraction of sp³-hybridized carbons (Fsp3) is 0.429. The van der Waals surface area contributed by atoms with Crippen molar-refractivity contribution in [1.29, 1.82) is 0 Å². The van der Waals surface area contributed by atoms with Crippen LogP contribution >= 0.6 is 0 Å². The van der Waals surface area contributed by atoms with E-state index >= 15 is 0 Å². The maximum Gasteiger partial charge on any atom is 0.336 e.